The number of hydrogen-bond donors (Lipinski definition) is 2. The van der Waals surface area contributed by atoms with Crippen LogP contribution in [-0.4, -0.2) is 42.3 Å². The maximum Gasteiger partial charge on any atom is 0.265 e. The van der Waals surface area contributed by atoms with E-state index in [1.54, 1.807) is 4.90 Å². The highest BCUT2D eigenvalue weighted by atomic mass is 35.5. The second kappa shape index (κ2) is 5.79. The number of ether oxygens (including phenoxy) is 1. The minimum atomic E-state index is -0.0215. The van der Waals surface area contributed by atoms with E-state index in [0.717, 1.165) is 41.3 Å². The molecule has 126 valence electrons. The largest absolute Gasteiger partial charge is 0.482 e. The van der Waals surface area contributed by atoms with Gasteiger partial charge in [-0.3, -0.25) is 9.89 Å². The number of aryl methyl sites for hydroxylation is 1. The van der Waals surface area contributed by atoms with Crippen LogP contribution in [0.1, 0.15) is 11.3 Å². The van der Waals surface area contributed by atoms with E-state index in [-0.39, 0.29) is 12.5 Å². The zero-order valence-electron chi connectivity index (χ0n) is 13.6. The van der Waals surface area contributed by atoms with Crippen LogP contribution in [-0.2, 0) is 4.79 Å². The lowest BCUT2D eigenvalue weighted by atomic mass is 10.0. The first-order valence-corrected chi connectivity index (χ1v) is 8.41. The molecule has 1 aromatic carbocycles. The van der Waals surface area contributed by atoms with Gasteiger partial charge in [0.25, 0.3) is 5.91 Å². The molecular weight excluding hydrogens is 328 g/mol. The van der Waals surface area contributed by atoms with Gasteiger partial charge in [-0.2, -0.15) is 5.10 Å². The van der Waals surface area contributed by atoms with Crippen LogP contribution in [0.5, 0.6) is 5.75 Å². The maximum absolute atomic E-state index is 12.3. The number of halogens is 1. The molecule has 1 aromatic heterocycles. The van der Waals surface area contributed by atoms with E-state index in [4.69, 9.17) is 16.3 Å². The SMILES string of the molecule is Cc1n[nH]c(-c2cc3c(cc2Cl)N(CC2CNC2)C(=O)CO3)c1C. The van der Waals surface area contributed by atoms with Gasteiger partial charge in [-0.15, -0.1) is 0 Å². The number of hydrogen-bond acceptors (Lipinski definition) is 4. The Hall–Kier alpha value is -2.05. The summed E-state index contributed by atoms with van der Waals surface area (Å²) in [4.78, 5) is 14.1. The number of aromatic amines is 1. The summed E-state index contributed by atoms with van der Waals surface area (Å²) in [6.45, 7) is 6.60. The topological polar surface area (TPSA) is 70.2 Å². The first-order chi connectivity index (χ1) is 11.5. The van der Waals surface area contributed by atoms with E-state index >= 15 is 0 Å². The highest BCUT2D eigenvalue weighted by Crippen LogP contribution is 2.41. The van der Waals surface area contributed by atoms with Crippen LogP contribution < -0.4 is 15.0 Å². The third-order valence-electron chi connectivity index (χ3n) is 4.82. The van der Waals surface area contributed by atoms with Crippen LogP contribution in [0.15, 0.2) is 12.1 Å². The summed E-state index contributed by atoms with van der Waals surface area (Å²) in [5.74, 6) is 1.15. The van der Waals surface area contributed by atoms with Crippen molar-refractivity contribution in [1.29, 1.82) is 0 Å². The Balaban J connectivity index is 1.74. The molecule has 2 aliphatic heterocycles. The fourth-order valence-corrected chi connectivity index (χ4v) is 3.35. The molecule has 0 bridgehead atoms. The summed E-state index contributed by atoms with van der Waals surface area (Å²) in [6, 6.07) is 3.72. The number of rotatable bonds is 3. The molecule has 0 unspecified atom stereocenters. The van der Waals surface area contributed by atoms with Gasteiger partial charge in [0.1, 0.15) is 5.75 Å². The number of nitrogens with one attached hydrogen (secondary N) is 2. The third kappa shape index (κ3) is 2.46. The monoisotopic (exact) mass is 346 g/mol. The number of H-pyrrole nitrogens is 1. The molecule has 3 heterocycles. The van der Waals surface area contributed by atoms with Crippen LogP contribution in [0.3, 0.4) is 0 Å². The van der Waals surface area contributed by atoms with E-state index in [1.165, 1.54) is 0 Å². The van der Waals surface area contributed by atoms with Crippen LogP contribution in [0.25, 0.3) is 11.3 Å². The van der Waals surface area contributed by atoms with Gasteiger partial charge in [-0.25, -0.2) is 0 Å². The Morgan fingerprint density at radius 1 is 1.38 bits per heavy atom. The molecule has 0 spiro atoms. The van der Waals surface area contributed by atoms with Gasteiger partial charge >= 0.3 is 0 Å². The second-order valence-electron chi connectivity index (χ2n) is 6.43. The fraction of sp³-hybridized carbons (Fsp3) is 0.412. The van der Waals surface area contributed by atoms with Gasteiger partial charge in [0.15, 0.2) is 6.61 Å². The number of carbonyl (C=O) groups is 1. The predicted octanol–water partition coefficient (Wildman–Crippen LogP) is 2.29. The van der Waals surface area contributed by atoms with Crippen LogP contribution in [0.2, 0.25) is 5.02 Å². The number of nitrogens with zero attached hydrogens (tertiary/aromatic N) is 2. The Kier molecular flexibility index (Phi) is 3.73. The summed E-state index contributed by atoms with van der Waals surface area (Å²) in [5, 5.41) is 11.1. The summed E-state index contributed by atoms with van der Waals surface area (Å²) in [6.07, 6.45) is 0. The molecule has 2 aromatic rings. The van der Waals surface area contributed by atoms with Crippen molar-refractivity contribution < 1.29 is 9.53 Å². The maximum atomic E-state index is 12.3. The summed E-state index contributed by atoms with van der Waals surface area (Å²) < 4.78 is 5.66. The first kappa shape index (κ1) is 15.5. The molecule has 0 atom stereocenters. The molecule has 0 aliphatic carbocycles. The Labute approximate surface area is 145 Å². The smallest absolute Gasteiger partial charge is 0.265 e. The minimum Gasteiger partial charge on any atom is -0.482 e. The molecule has 1 amide bonds. The normalized spacial score (nSPS) is 17.5. The molecule has 4 rings (SSSR count). The number of aromatic nitrogens is 2. The third-order valence-corrected chi connectivity index (χ3v) is 5.13. The summed E-state index contributed by atoms with van der Waals surface area (Å²) in [5.41, 5.74) is 4.47. The summed E-state index contributed by atoms with van der Waals surface area (Å²) in [7, 11) is 0. The van der Waals surface area contributed by atoms with Gasteiger partial charge in [0.05, 0.1) is 22.1 Å². The standard InChI is InChI=1S/C17H19ClN4O2/c1-9-10(2)20-21-17(9)12-3-15-14(4-13(12)18)22(16(23)8-24-15)7-11-5-19-6-11/h3-4,11,19H,5-8H2,1-2H3,(H,20,21). The van der Waals surface area contributed by atoms with Gasteiger partial charge in [-0.05, 0) is 31.5 Å². The number of carbonyl (C=O) groups excluding carboxylic acids is 1. The highest BCUT2D eigenvalue weighted by Gasteiger charge is 2.31. The number of anilines is 1. The van der Waals surface area contributed by atoms with Crippen LogP contribution in [0.4, 0.5) is 5.69 Å². The minimum absolute atomic E-state index is 0.0215. The quantitative estimate of drug-likeness (QED) is 0.894. The highest BCUT2D eigenvalue weighted by molar-refractivity contribution is 6.34. The van der Waals surface area contributed by atoms with Gasteiger partial charge in [-0.1, -0.05) is 11.6 Å². The van der Waals surface area contributed by atoms with Gasteiger partial charge < -0.3 is 15.0 Å². The summed E-state index contributed by atoms with van der Waals surface area (Å²) >= 11 is 6.52. The molecule has 1 saturated heterocycles. The van der Waals surface area contributed by atoms with Crippen LogP contribution in [0, 0.1) is 19.8 Å². The van der Waals surface area contributed by atoms with E-state index in [0.29, 0.717) is 23.2 Å². The van der Waals surface area contributed by atoms with Crippen molar-refractivity contribution in [2.75, 3.05) is 31.1 Å². The van der Waals surface area contributed by atoms with E-state index in [2.05, 4.69) is 15.5 Å². The first-order valence-electron chi connectivity index (χ1n) is 8.04. The van der Waals surface area contributed by atoms with Crippen molar-refractivity contribution >= 4 is 23.2 Å². The van der Waals surface area contributed by atoms with E-state index < -0.39 is 0 Å². The molecular formula is C17H19ClN4O2. The van der Waals surface area contributed by atoms with Crippen molar-refractivity contribution in [2.24, 2.45) is 5.92 Å². The zero-order chi connectivity index (χ0) is 16.8. The molecule has 2 aliphatic rings. The average molecular weight is 347 g/mol. The molecule has 0 radical (unpaired) electrons. The number of amides is 1. The Morgan fingerprint density at radius 3 is 2.79 bits per heavy atom. The van der Waals surface area contributed by atoms with Crippen molar-refractivity contribution in [1.82, 2.24) is 15.5 Å². The van der Waals surface area contributed by atoms with E-state index in [9.17, 15) is 4.79 Å². The van der Waals surface area contributed by atoms with Crippen molar-refractivity contribution in [2.45, 2.75) is 13.8 Å². The lowest BCUT2D eigenvalue weighted by Crippen LogP contribution is -2.51. The molecule has 24 heavy (non-hydrogen) atoms. The fourth-order valence-electron chi connectivity index (χ4n) is 3.10. The van der Waals surface area contributed by atoms with Gasteiger partial charge in [0, 0.05) is 31.1 Å². The van der Waals surface area contributed by atoms with Crippen molar-refractivity contribution in [3.8, 4) is 17.0 Å². The Morgan fingerprint density at radius 2 is 2.17 bits per heavy atom. The van der Waals surface area contributed by atoms with Gasteiger partial charge in [0.2, 0.25) is 0 Å². The molecule has 6 nitrogen and oxygen atoms in total. The van der Waals surface area contributed by atoms with Crippen molar-refractivity contribution in [3.63, 3.8) is 0 Å². The second-order valence-corrected chi connectivity index (χ2v) is 6.83. The average Bonchev–Trinajstić information content (AvgIpc) is 2.84. The van der Waals surface area contributed by atoms with Crippen LogP contribution >= 0.6 is 11.6 Å². The molecule has 1 fully saturated rings. The molecule has 7 heteroatoms. The lowest BCUT2D eigenvalue weighted by molar-refractivity contribution is -0.121. The molecule has 2 N–H and O–H groups in total. The Bertz CT molecular complexity index is 813. The molecule has 0 saturated carbocycles. The van der Waals surface area contributed by atoms with Crippen molar-refractivity contribution in [3.05, 3.63) is 28.4 Å². The number of fused-ring (bicyclic) bond motifs is 1. The predicted molar refractivity (Wildman–Crippen MR) is 92.7 cm³/mol. The lowest BCUT2D eigenvalue weighted by Gasteiger charge is -2.36. The number of benzene rings is 1. The zero-order valence-corrected chi connectivity index (χ0v) is 14.4. The van der Waals surface area contributed by atoms with E-state index in [1.807, 2.05) is 26.0 Å².